The van der Waals surface area contributed by atoms with Gasteiger partial charge in [-0.2, -0.15) is 0 Å². The van der Waals surface area contributed by atoms with Crippen LogP contribution in [0.15, 0.2) is 11.3 Å². The lowest BCUT2D eigenvalue weighted by Gasteiger charge is -2.33. The Balaban J connectivity index is 2.77. The third kappa shape index (κ3) is 5.92. The molecular formula is C17H32O2Si. The van der Waals surface area contributed by atoms with Crippen molar-refractivity contribution < 1.29 is 9.53 Å². The van der Waals surface area contributed by atoms with Crippen molar-refractivity contribution in [3.63, 3.8) is 0 Å². The number of carbonyl (C=O) groups excluding carboxylic acids is 1. The van der Waals surface area contributed by atoms with Crippen LogP contribution in [-0.4, -0.2) is 26.1 Å². The maximum Gasteiger partial charge on any atom is 0.140 e. The molecule has 0 aromatic heterocycles. The van der Waals surface area contributed by atoms with Gasteiger partial charge >= 0.3 is 0 Å². The highest BCUT2D eigenvalue weighted by Crippen LogP contribution is 2.31. The topological polar surface area (TPSA) is 26.3 Å². The summed E-state index contributed by atoms with van der Waals surface area (Å²) in [6, 6.07) is 0. The molecule has 0 aliphatic carbocycles. The third-order valence-electron chi connectivity index (χ3n) is 3.71. The van der Waals surface area contributed by atoms with Crippen LogP contribution in [0.3, 0.4) is 0 Å². The molecule has 0 aromatic rings. The van der Waals surface area contributed by atoms with E-state index in [9.17, 15) is 4.79 Å². The minimum absolute atomic E-state index is 0.0861. The highest BCUT2D eigenvalue weighted by molar-refractivity contribution is 6.81. The Labute approximate surface area is 126 Å². The lowest BCUT2D eigenvalue weighted by atomic mass is 9.85. The van der Waals surface area contributed by atoms with Crippen molar-refractivity contribution in [2.24, 2.45) is 5.41 Å². The maximum atomic E-state index is 12.2. The van der Waals surface area contributed by atoms with Crippen molar-refractivity contribution in [1.29, 1.82) is 0 Å². The van der Waals surface area contributed by atoms with E-state index in [0.717, 1.165) is 19.3 Å². The molecular weight excluding hydrogens is 264 g/mol. The van der Waals surface area contributed by atoms with Crippen molar-refractivity contribution in [2.75, 3.05) is 0 Å². The predicted octanol–water partition coefficient (Wildman–Crippen LogP) is 4.75. The highest BCUT2D eigenvalue weighted by Gasteiger charge is 2.30. The quantitative estimate of drug-likeness (QED) is 0.700. The van der Waals surface area contributed by atoms with Gasteiger partial charge in [-0.05, 0) is 19.3 Å². The monoisotopic (exact) mass is 296 g/mol. The van der Waals surface area contributed by atoms with E-state index in [2.05, 4.69) is 32.3 Å². The lowest BCUT2D eigenvalue weighted by molar-refractivity contribution is -0.131. The summed E-state index contributed by atoms with van der Waals surface area (Å²) in [7, 11) is -1.20. The summed E-state index contributed by atoms with van der Waals surface area (Å²) in [5.41, 5.74) is 3.77. The van der Waals surface area contributed by atoms with Gasteiger partial charge in [0.25, 0.3) is 0 Å². The van der Waals surface area contributed by atoms with E-state index in [1.54, 1.807) is 0 Å². The number of ketones is 1. The van der Waals surface area contributed by atoms with E-state index < -0.39 is 8.07 Å². The van der Waals surface area contributed by atoms with Crippen LogP contribution in [0.25, 0.3) is 0 Å². The average Bonchev–Trinajstić information content (AvgIpc) is 2.24. The average molecular weight is 297 g/mol. The highest BCUT2D eigenvalue weighted by atomic mass is 28.3. The fraction of sp³-hybridized carbons (Fsp3) is 0.824. The van der Waals surface area contributed by atoms with Gasteiger partial charge in [0.2, 0.25) is 0 Å². The molecule has 2 nitrogen and oxygen atoms in total. The first kappa shape index (κ1) is 17.6. The third-order valence-corrected chi connectivity index (χ3v) is 4.98. The summed E-state index contributed by atoms with van der Waals surface area (Å²) in [6.07, 6.45) is 3.97. The summed E-state index contributed by atoms with van der Waals surface area (Å²) in [5.74, 6) is 0.312. The van der Waals surface area contributed by atoms with Crippen LogP contribution in [0.5, 0.6) is 0 Å². The first-order chi connectivity index (χ1) is 9.01. The van der Waals surface area contributed by atoms with Crippen molar-refractivity contribution in [3.8, 4) is 0 Å². The fourth-order valence-corrected chi connectivity index (χ4v) is 4.10. The molecule has 1 aliphatic rings. The minimum Gasteiger partial charge on any atom is -0.374 e. The van der Waals surface area contributed by atoms with Crippen LogP contribution >= 0.6 is 0 Å². The largest absolute Gasteiger partial charge is 0.374 e. The second-order valence-electron chi connectivity index (χ2n) is 8.24. The van der Waals surface area contributed by atoms with Gasteiger partial charge in [0.1, 0.15) is 5.78 Å². The SMILES string of the molecule is CC[C@H]1C/C(=C\[Si](C)(C)C)C[C@@H](CC(=O)C(C)(C)C)O1. The first-order valence-electron chi connectivity index (χ1n) is 7.90. The zero-order valence-corrected chi connectivity index (χ0v) is 15.4. The Bertz CT molecular complexity index is 371. The number of rotatable bonds is 4. The summed E-state index contributed by atoms with van der Waals surface area (Å²) >= 11 is 0. The lowest BCUT2D eigenvalue weighted by Crippen LogP contribution is -2.34. The molecule has 1 aliphatic heterocycles. The predicted molar refractivity (Wildman–Crippen MR) is 88.7 cm³/mol. The Morgan fingerprint density at radius 1 is 1.25 bits per heavy atom. The summed E-state index contributed by atoms with van der Waals surface area (Å²) in [5, 5.41) is 0. The van der Waals surface area contributed by atoms with E-state index >= 15 is 0 Å². The molecule has 1 fully saturated rings. The number of Topliss-reactive ketones (excluding diaryl/α,β-unsaturated/α-hetero) is 1. The molecule has 20 heavy (non-hydrogen) atoms. The van der Waals surface area contributed by atoms with Gasteiger partial charge in [0.05, 0.1) is 20.3 Å². The van der Waals surface area contributed by atoms with Crippen molar-refractivity contribution in [3.05, 3.63) is 11.3 Å². The molecule has 0 spiro atoms. The van der Waals surface area contributed by atoms with Gasteiger partial charge in [0, 0.05) is 11.8 Å². The van der Waals surface area contributed by atoms with Gasteiger partial charge in [-0.15, -0.1) is 0 Å². The number of hydrogen-bond acceptors (Lipinski definition) is 2. The van der Waals surface area contributed by atoms with Crippen LogP contribution in [-0.2, 0) is 9.53 Å². The molecule has 0 N–H and O–H groups in total. The van der Waals surface area contributed by atoms with E-state index in [1.807, 2.05) is 20.8 Å². The van der Waals surface area contributed by atoms with Gasteiger partial charge < -0.3 is 4.74 Å². The Hall–Kier alpha value is -0.413. The summed E-state index contributed by atoms with van der Waals surface area (Å²) < 4.78 is 6.10. The van der Waals surface area contributed by atoms with Crippen LogP contribution in [0.4, 0.5) is 0 Å². The Morgan fingerprint density at radius 3 is 2.25 bits per heavy atom. The first-order valence-corrected chi connectivity index (χ1v) is 11.5. The number of carbonyl (C=O) groups is 1. The van der Waals surface area contributed by atoms with Gasteiger partial charge in [-0.1, -0.05) is 58.6 Å². The van der Waals surface area contributed by atoms with Crippen LogP contribution in [0.1, 0.15) is 53.4 Å². The zero-order valence-electron chi connectivity index (χ0n) is 14.4. The molecule has 0 amide bonds. The fourth-order valence-electron chi connectivity index (χ4n) is 2.64. The molecule has 0 saturated carbocycles. The number of ether oxygens (including phenoxy) is 1. The molecule has 1 rings (SSSR count). The van der Waals surface area contributed by atoms with E-state index in [-0.39, 0.29) is 11.5 Å². The van der Waals surface area contributed by atoms with Crippen LogP contribution in [0.2, 0.25) is 19.6 Å². The smallest absolute Gasteiger partial charge is 0.140 e. The molecule has 0 unspecified atom stereocenters. The summed E-state index contributed by atoms with van der Waals surface area (Å²) in [4.78, 5) is 12.2. The van der Waals surface area contributed by atoms with Gasteiger partial charge in [-0.25, -0.2) is 0 Å². The molecule has 3 heteroatoms. The van der Waals surface area contributed by atoms with Gasteiger partial charge in [0.15, 0.2) is 0 Å². The van der Waals surface area contributed by atoms with Crippen LogP contribution in [0, 0.1) is 5.41 Å². The summed E-state index contributed by atoms with van der Waals surface area (Å²) in [6.45, 7) is 15.3. The minimum atomic E-state index is -1.20. The molecule has 1 saturated heterocycles. The molecule has 0 bridgehead atoms. The Morgan fingerprint density at radius 2 is 1.80 bits per heavy atom. The second-order valence-corrected chi connectivity index (χ2v) is 13.3. The van der Waals surface area contributed by atoms with E-state index in [4.69, 9.17) is 4.74 Å². The van der Waals surface area contributed by atoms with Crippen molar-refractivity contribution in [2.45, 2.75) is 85.2 Å². The molecule has 0 radical (unpaired) electrons. The maximum absolute atomic E-state index is 12.2. The Kier molecular flexibility index (Phi) is 5.79. The molecule has 0 aromatic carbocycles. The van der Waals surface area contributed by atoms with Gasteiger partial charge in [-0.3, -0.25) is 4.79 Å². The number of hydrogen-bond donors (Lipinski definition) is 0. The van der Waals surface area contributed by atoms with E-state index in [0.29, 0.717) is 18.3 Å². The molecule has 2 atom stereocenters. The normalized spacial score (nSPS) is 26.9. The van der Waals surface area contributed by atoms with Crippen molar-refractivity contribution >= 4 is 13.9 Å². The zero-order chi connectivity index (χ0) is 15.6. The second kappa shape index (κ2) is 6.57. The van der Waals surface area contributed by atoms with E-state index in [1.165, 1.54) is 5.57 Å². The van der Waals surface area contributed by atoms with Crippen molar-refractivity contribution in [1.82, 2.24) is 0 Å². The molecule has 116 valence electrons. The molecule has 1 heterocycles. The standard InChI is InChI=1S/C17H32O2Si/c1-8-14-9-13(12-20(5,6)7)10-15(19-14)11-16(18)17(2,3)4/h12,14-15H,8-11H2,1-7H3/b13-12+/t14-,15-/m0/s1. The van der Waals surface area contributed by atoms with Crippen LogP contribution < -0.4 is 0 Å².